The number of likely N-dealkylation sites (tertiary alicyclic amines) is 1. The molecule has 1 aliphatic heterocycles. The number of amides is 1. The Labute approximate surface area is 139 Å². The molecular weight excluding hydrogens is 312 g/mol. The van der Waals surface area contributed by atoms with Crippen molar-refractivity contribution in [2.24, 2.45) is 0 Å². The molecule has 0 unspecified atom stereocenters. The molecule has 0 bridgehead atoms. The predicted molar refractivity (Wildman–Crippen MR) is 92.2 cm³/mol. The number of piperidine rings is 1. The molecule has 0 spiro atoms. The van der Waals surface area contributed by atoms with Crippen LogP contribution in [0, 0.1) is 0 Å². The first-order valence-electron chi connectivity index (χ1n) is 7.93. The number of ether oxygens (including phenoxy) is 1. The Kier molecular flexibility index (Phi) is 4.19. The maximum Gasteiger partial charge on any atom is 0.410 e. The largest absolute Gasteiger partial charge is 0.444 e. The molecule has 2 aromatic rings. The Morgan fingerprint density at radius 2 is 1.87 bits per heavy atom. The summed E-state index contributed by atoms with van der Waals surface area (Å²) in [5, 5.41) is 0.784. The van der Waals surface area contributed by atoms with E-state index in [0.29, 0.717) is 13.1 Å². The summed E-state index contributed by atoms with van der Waals surface area (Å²) in [5.74, 6) is 0. The molecule has 0 saturated carbocycles. The minimum absolute atomic E-state index is 0.0846. The molecule has 0 radical (unpaired) electrons. The highest BCUT2D eigenvalue weighted by Crippen LogP contribution is 2.27. The summed E-state index contributed by atoms with van der Waals surface area (Å²) in [6.07, 6.45) is 1.30. The van der Waals surface area contributed by atoms with E-state index in [1.807, 2.05) is 49.0 Å². The van der Waals surface area contributed by atoms with Gasteiger partial charge in [-0.15, -0.1) is 0 Å². The number of benzene rings is 1. The smallest absolute Gasteiger partial charge is 0.410 e. The second-order valence-corrected chi connectivity index (χ2v) is 7.93. The average Bonchev–Trinajstić information content (AvgIpc) is 2.83. The van der Waals surface area contributed by atoms with Gasteiger partial charge in [-0.3, -0.25) is 8.75 Å². The Balaban J connectivity index is 1.70. The molecule has 6 heteroatoms. The number of aromatic nitrogens is 1. The highest BCUT2D eigenvalue weighted by atomic mass is 32.1. The van der Waals surface area contributed by atoms with Crippen LogP contribution in [0.1, 0.15) is 39.7 Å². The van der Waals surface area contributed by atoms with Gasteiger partial charge in [-0.2, -0.15) is 0 Å². The number of hydrogen-bond donors (Lipinski definition) is 0. The van der Waals surface area contributed by atoms with Crippen molar-refractivity contribution < 1.29 is 9.53 Å². The fourth-order valence-electron chi connectivity index (χ4n) is 2.84. The molecule has 1 aromatic heterocycles. The van der Waals surface area contributed by atoms with Crippen LogP contribution in [0.15, 0.2) is 29.1 Å². The van der Waals surface area contributed by atoms with Gasteiger partial charge in [0.2, 0.25) is 0 Å². The van der Waals surface area contributed by atoms with Gasteiger partial charge in [0.05, 0.1) is 16.1 Å². The molecule has 23 heavy (non-hydrogen) atoms. The van der Waals surface area contributed by atoms with Crippen LogP contribution >= 0.6 is 11.5 Å². The summed E-state index contributed by atoms with van der Waals surface area (Å²) >= 11 is 1.52. The van der Waals surface area contributed by atoms with Crippen molar-refractivity contribution in [3.05, 3.63) is 34.6 Å². The third-order valence-corrected chi connectivity index (χ3v) is 5.18. The molecule has 1 aliphatic rings. The van der Waals surface area contributed by atoms with Crippen LogP contribution in [0.25, 0.3) is 10.1 Å². The third kappa shape index (κ3) is 3.42. The normalized spacial score (nSPS) is 16.7. The quantitative estimate of drug-likeness (QED) is 0.800. The highest BCUT2D eigenvalue weighted by molar-refractivity contribution is 7.13. The number of carbonyl (C=O) groups excluding carboxylic acids is 1. The molecule has 3 rings (SSSR count). The van der Waals surface area contributed by atoms with E-state index < -0.39 is 5.60 Å². The van der Waals surface area contributed by atoms with Crippen LogP contribution in [0.2, 0.25) is 0 Å². The topological polar surface area (TPSA) is 51.5 Å². The van der Waals surface area contributed by atoms with E-state index in [2.05, 4.69) is 0 Å². The zero-order valence-electron chi connectivity index (χ0n) is 13.7. The van der Waals surface area contributed by atoms with Crippen LogP contribution in [-0.2, 0) is 4.74 Å². The van der Waals surface area contributed by atoms with E-state index >= 15 is 0 Å². The van der Waals surface area contributed by atoms with Crippen molar-refractivity contribution in [3.8, 4) is 0 Å². The number of nitrogens with zero attached hydrogens (tertiary/aromatic N) is 2. The van der Waals surface area contributed by atoms with Gasteiger partial charge in [-0.25, -0.2) is 4.79 Å². The summed E-state index contributed by atoms with van der Waals surface area (Å²) in [4.78, 5) is 26.3. The molecule has 2 heterocycles. The van der Waals surface area contributed by atoms with Gasteiger partial charge < -0.3 is 9.64 Å². The summed E-state index contributed by atoms with van der Waals surface area (Å²) in [5.41, 5.74) is -0.391. The molecule has 1 saturated heterocycles. The maximum atomic E-state index is 12.5. The molecule has 0 atom stereocenters. The van der Waals surface area contributed by atoms with Crippen LogP contribution in [0.4, 0.5) is 4.79 Å². The molecule has 0 N–H and O–H groups in total. The van der Waals surface area contributed by atoms with E-state index in [-0.39, 0.29) is 17.7 Å². The van der Waals surface area contributed by atoms with Crippen molar-refractivity contribution in [2.75, 3.05) is 13.1 Å². The van der Waals surface area contributed by atoms with Gasteiger partial charge in [-0.05, 0) is 45.7 Å². The van der Waals surface area contributed by atoms with Gasteiger partial charge in [-0.1, -0.05) is 23.7 Å². The van der Waals surface area contributed by atoms with Gasteiger partial charge >= 0.3 is 6.09 Å². The van der Waals surface area contributed by atoms with E-state index in [1.54, 1.807) is 4.90 Å². The first-order chi connectivity index (χ1) is 10.8. The first-order valence-corrected chi connectivity index (χ1v) is 8.71. The fraction of sp³-hybridized carbons (Fsp3) is 0.529. The Morgan fingerprint density at radius 1 is 1.22 bits per heavy atom. The van der Waals surface area contributed by atoms with E-state index in [1.165, 1.54) is 11.5 Å². The zero-order chi connectivity index (χ0) is 16.6. The highest BCUT2D eigenvalue weighted by Gasteiger charge is 2.28. The second kappa shape index (κ2) is 6.00. The summed E-state index contributed by atoms with van der Waals surface area (Å²) in [7, 11) is 0. The summed E-state index contributed by atoms with van der Waals surface area (Å²) < 4.78 is 8.30. The van der Waals surface area contributed by atoms with Crippen LogP contribution < -0.4 is 5.56 Å². The Hall–Kier alpha value is -1.82. The van der Waals surface area contributed by atoms with Crippen molar-refractivity contribution >= 4 is 27.7 Å². The predicted octanol–water partition coefficient (Wildman–Crippen LogP) is 3.64. The van der Waals surface area contributed by atoms with Crippen molar-refractivity contribution in [1.29, 1.82) is 0 Å². The Bertz CT molecular complexity index is 764. The lowest BCUT2D eigenvalue weighted by atomic mass is 10.1. The lowest BCUT2D eigenvalue weighted by molar-refractivity contribution is 0.0191. The van der Waals surface area contributed by atoms with Gasteiger partial charge in [0.1, 0.15) is 5.60 Å². The van der Waals surface area contributed by atoms with Crippen LogP contribution in [0.5, 0.6) is 0 Å². The number of carbonyl (C=O) groups is 1. The molecule has 1 aromatic carbocycles. The SMILES string of the molecule is CC(C)(C)OC(=O)N1CCC(n2sc3ccccc3c2=O)CC1. The second-order valence-electron chi connectivity index (χ2n) is 6.92. The zero-order valence-corrected chi connectivity index (χ0v) is 14.6. The fourth-order valence-corrected chi connectivity index (χ4v) is 3.99. The minimum Gasteiger partial charge on any atom is -0.444 e. The first kappa shape index (κ1) is 16.1. The average molecular weight is 334 g/mol. The molecule has 1 amide bonds. The molecule has 0 aliphatic carbocycles. The number of hydrogen-bond acceptors (Lipinski definition) is 4. The number of fused-ring (bicyclic) bond motifs is 1. The lowest BCUT2D eigenvalue weighted by Gasteiger charge is -2.33. The summed E-state index contributed by atoms with van der Waals surface area (Å²) in [6, 6.07) is 7.87. The van der Waals surface area contributed by atoms with Crippen LogP contribution in [0.3, 0.4) is 0 Å². The van der Waals surface area contributed by atoms with E-state index in [4.69, 9.17) is 4.74 Å². The van der Waals surface area contributed by atoms with E-state index in [9.17, 15) is 9.59 Å². The standard InChI is InChI=1S/C17H22N2O3S/c1-17(2,3)22-16(21)18-10-8-12(9-11-18)19-15(20)13-6-4-5-7-14(13)23-19/h4-7,12H,8-11H2,1-3H3. The minimum atomic E-state index is -0.476. The maximum absolute atomic E-state index is 12.5. The molecule has 124 valence electrons. The van der Waals surface area contributed by atoms with Crippen molar-refractivity contribution in [2.45, 2.75) is 45.3 Å². The van der Waals surface area contributed by atoms with Crippen LogP contribution in [-0.4, -0.2) is 33.6 Å². The van der Waals surface area contributed by atoms with Gasteiger partial charge in [0, 0.05) is 13.1 Å². The summed E-state index contributed by atoms with van der Waals surface area (Å²) in [6.45, 7) is 6.86. The lowest BCUT2D eigenvalue weighted by Crippen LogP contribution is -2.42. The van der Waals surface area contributed by atoms with E-state index in [0.717, 1.165) is 22.9 Å². The number of rotatable bonds is 1. The molecule has 1 fully saturated rings. The Morgan fingerprint density at radius 3 is 2.48 bits per heavy atom. The monoisotopic (exact) mass is 334 g/mol. The molecule has 5 nitrogen and oxygen atoms in total. The molecular formula is C17H22N2O3S. The van der Waals surface area contributed by atoms with Crippen molar-refractivity contribution in [3.63, 3.8) is 0 Å². The van der Waals surface area contributed by atoms with Gasteiger partial charge in [0.15, 0.2) is 0 Å². The van der Waals surface area contributed by atoms with Crippen molar-refractivity contribution in [1.82, 2.24) is 8.86 Å². The van der Waals surface area contributed by atoms with Gasteiger partial charge in [0.25, 0.3) is 5.56 Å². The third-order valence-electron chi connectivity index (χ3n) is 3.96.